The molecule has 5 heterocycles. The Balaban J connectivity index is 1.21. The molecular formula is C28H32F2N8. The third kappa shape index (κ3) is 4.86. The van der Waals surface area contributed by atoms with Crippen molar-refractivity contribution in [2.75, 3.05) is 38.0 Å². The number of nitrogens with one attached hydrogen (secondary N) is 1. The van der Waals surface area contributed by atoms with Gasteiger partial charge in [-0.05, 0) is 50.1 Å². The lowest BCUT2D eigenvalue weighted by molar-refractivity contribution is 0.132. The van der Waals surface area contributed by atoms with Crippen molar-refractivity contribution in [3.8, 4) is 11.3 Å². The van der Waals surface area contributed by atoms with Crippen LogP contribution in [0.5, 0.6) is 0 Å². The highest BCUT2D eigenvalue weighted by Gasteiger charge is 2.23. The van der Waals surface area contributed by atoms with Crippen LogP contribution in [0.1, 0.15) is 44.1 Å². The molecule has 4 aromatic rings. The summed E-state index contributed by atoms with van der Waals surface area (Å²) in [6, 6.07) is 7.18. The fraction of sp³-hybridized carbons (Fsp3) is 0.429. The average molecular weight is 519 g/mol. The van der Waals surface area contributed by atoms with Gasteiger partial charge in [-0.3, -0.25) is 4.90 Å². The van der Waals surface area contributed by atoms with Crippen molar-refractivity contribution in [3.63, 3.8) is 0 Å². The molecule has 1 saturated heterocycles. The third-order valence-electron chi connectivity index (χ3n) is 7.69. The van der Waals surface area contributed by atoms with Gasteiger partial charge in [0, 0.05) is 56.9 Å². The molecule has 3 aromatic heterocycles. The Labute approximate surface area is 220 Å². The highest BCUT2D eigenvalue weighted by atomic mass is 19.1. The Bertz CT molecular complexity index is 1440. The van der Waals surface area contributed by atoms with Crippen LogP contribution in [0, 0.1) is 11.6 Å². The summed E-state index contributed by atoms with van der Waals surface area (Å²) < 4.78 is 32.0. The number of aromatic nitrogens is 5. The number of halogens is 2. The summed E-state index contributed by atoms with van der Waals surface area (Å²) in [7, 11) is 0. The summed E-state index contributed by atoms with van der Waals surface area (Å²) >= 11 is 0. The van der Waals surface area contributed by atoms with Gasteiger partial charge < -0.3 is 14.8 Å². The van der Waals surface area contributed by atoms with E-state index < -0.39 is 11.6 Å². The Morgan fingerprint density at radius 2 is 1.79 bits per heavy atom. The lowest BCUT2D eigenvalue weighted by Gasteiger charge is -2.33. The summed E-state index contributed by atoms with van der Waals surface area (Å²) in [6.45, 7) is 10.5. The second-order valence-electron chi connectivity index (χ2n) is 10.2. The van der Waals surface area contributed by atoms with Gasteiger partial charge in [-0.25, -0.2) is 28.7 Å². The predicted octanol–water partition coefficient (Wildman–Crippen LogP) is 4.94. The largest absolute Gasteiger partial charge is 0.325 e. The van der Waals surface area contributed by atoms with E-state index in [0.717, 1.165) is 76.1 Å². The number of rotatable bonds is 6. The molecule has 10 heteroatoms. The summed E-state index contributed by atoms with van der Waals surface area (Å²) in [4.78, 5) is 22.4. The van der Waals surface area contributed by atoms with Crippen molar-refractivity contribution in [3.05, 3.63) is 59.7 Å². The highest BCUT2D eigenvalue weighted by molar-refractivity contribution is 5.83. The lowest BCUT2D eigenvalue weighted by Crippen LogP contribution is -2.45. The molecule has 0 amide bonds. The van der Waals surface area contributed by atoms with E-state index in [9.17, 15) is 4.39 Å². The third-order valence-corrected chi connectivity index (χ3v) is 7.69. The monoisotopic (exact) mass is 518 g/mol. The molecule has 6 rings (SSSR count). The van der Waals surface area contributed by atoms with Gasteiger partial charge >= 0.3 is 0 Å². The van der Waals surface area contributed by atoms with Crippen LogP contribution in [-0.2, 0) is 13.0 Å². The molecule has 0 radical (unpaired) electrons. The molecule has 1 N–H and O–H groups in total. The van der Waals surface area contributed by atoms with E-state index in [2.05, 4.69) is 53.5 Å². The number of imidazole rings is 1. The molecule has 2 aliphatic rings. The van der Waals surface area contributed by atoms with Crippen LogP contribution in [-0.4, -0.2) is 67.0 Å². The molecule has 1 fully saturated rings. The minimum Gasteiger partial charge on any atom is -0.325 e. The Kier molecular flexibility index (Phi) is 6.75. The number of likely N-dealkylation sites (N-methyl/N-ethyl adjacent to an activating group) is 1. The first-order valence-electron chi connectivity index (χ1n) is 13.4. The normalized spacial score (nSPS) is 18.6. The smallest absolute Gasteiger partial charge is 0.229 e. The maximum absolute atomic E-state index is 15.1. The van der Waals surface area contributed by atoms with Gasteiger partial charge in [-0.1, -0.05) is 13.0 Å². The average Bonchev–Trinajstić information content (AvgIpc) is 3.32. The number of hydrogen-bond donors (Lipinski definition) is 1. The van der Waals surface area contributed by atoms with E-state index in [1.54, 1.807) is 6.07 Å². The molecule has 2 aliphatic heterocycles. The number of aryl methyl sites for hydroxylation is 1. The van der Waals surface area contributed by atoms with Gasteiger partial charge in [-0.2, -0.15) is 0 Å². The molecule has 0 saturated carbocycles. The van der Waals surface area contributed by atoms with Crippen LogP contribution >= 0.6 is 0 Å². The molecule has 38 heavy (non-hydrogen) atoms. The fourth-order valence-electron chi connectivity index (χ4n) is 5.55. The minimum atomic E-state index is -0.618. The molecule has 1 atom stereocenters. The number of fused-ring (bicyclic) bond motifs is 3. The van der Waals surface area contributed by atoms with Gasteiger partial charge in [-0.15, -0.1) is 0 Å². The standard InChI is InChI=1S/C28H32F2N8/c1-3-36-9-11-37(12-10-36)17-19-7-8-24(31-15-19)33-28-32-16-22(30)26(35-28)20-13-21(29)27-23(14-20)38-18(2)5-4-6-25(38)34-27/h7-8,13-16,18H,3-6,9-12,17H2,1-2H3,(H,31,32,33,35). The van der Waals surface area contributed by atoms with E-state index in [-0.39, 0.29) is 17.7 Å². The molecular weight excluding hydrogens is 486 g/mol. The number of hydrogen-bond acceptors (Lipinski definition) is 7. The number of anilines is 2. The molecule has 8 nitrogen and oxygen atoms in total. The maximum Gasteiger partial charge on any atom is 0.229 e. The van der Waals surface area contributed by atoms with Crippen molar-refractivity contribution < 1.29 is 8.78 Å². The Hall–Kier alpha value is -3.50. The fourth-order valence-corrected chi connectivity index (χ4v) is 5.55. The molecule has 1 unspecified atom stereocenters. The summed E-state index contributed by atoms with van der Waals surface area (Å²) in [5.41, 5.74) is 2.50. The maximum atomic E-state index is 15.1. The Morgan fingerprint density at radius 3 is 2.55 bits per heavy atom. The van der Waals surface area contributed by atoms with Gasteiger partial charge in [0.25, 0.3) is 0 Å². The highest BCUT2D eigenvalue weighted by Crippen LogP contribution is 2.34. The second-order valence-corrected chi connectivity index (χ2v) is 10.2. The van der Waals surface area contributed by atoms with Crippen molar-refractivity contribution in [1.29, 1.82) is 0 Å². The SMILES string of the molecule is CCN1CCN(Cc2ccc(Nc3ncc(F)c(-c4cc(F)c5nc6n(c5c4)C(C)CCC6)n3)nc2)CC1. The summed E-state index contributed by atoms with van der Waals surface area (Å²) in [5.74, 6) is 0.529. The van der Waals surface area contributed by atoms with Crippen LogP contribution in [0.4, 0.5) is 20.5 Å². The van der Waals surface area contributed by atoms with Gasteiger partial charge in [0.05, 0.1) is 11.7 Å². The summed E-state index contributed by atoms with van der Waals surface area (Å²) in [5, 5.41) is 3.06. The van der Waals surface area contributed by atoms with E-state index in [1.807, 2.05) is 18.3 Å². The predicted molar refractivity (Wildman–Crippen MR) is 143 cm³/mol. The van der Waals surface area contributed by atoms with E-state index in [4.69, 9.17) is 0 Å². The first-order chi connectivity index (χ1) is 18.5. The quantitative estimate of drug-likeness (QED) is 0.387. The topological polar surface area (TPSA) is 75.0 Å². The zero-order valence-corrected chi connectivity index (χ0v) is 21.8. The first-order valence-corrected chi connectivity index (χ1v) is 13.4. The van der Waals surface area contributed by atoms with Crippen LogP contribution < -0.4 is 5.32 Å². The van der Waals surface area contributed by atoms with Crippen molar-refractivity contribution in [2.45, 2.75) is 45.7 Å². The number of benzene rings is 1. The first kappa shape index (κ1) is 24.8. The lowest BCUT2D eigenvalue weighted by atomic mass is 10.1. The zero-order valence-electron chi connectivity index (χ0n) is 21.8. The molecule has 198 valence electrons. The summed E-state index contributed by atoms with van der Waals surface area (Å²) in [6.07, 6.45) is 5.78. The number of pyridine rings is 1. The van der Waals surface area contributed by atoms with Crippen LogP contribution in [0.15, 0.2) is 36.7 Å². The van der Waals surface area contributed by atoms with E-state index >= 15 is 4.39 Å². The van der Waals surface area contributed by atoms with Crippen LogP contribution in [0.2, 0.25) is 0 Å². The number of piperazine rings is 1. The number of nitrogens with zero attached hydrogens (tertiary/aromatic N) is 7. The van der Waals surface area contributed by atoms with Gasteiger partial charge in [0.2, 0.25) is 5.95 Å². The molecule has 0 spiro atoms. The van der Waals surface area contributed by atoms with Crippen LogP contribution in [0.3, 0.4) is 0 Å². The van der Waals surface area contributed by atoms with Gasteiger partial charge in [0.1, 0.15) is 22.9 Å². The molecule has 0 aliphatic carbocycles. The van der Waals surface area contributed by atoms with Crippen molar-refractivity contribution in [2.24, 2.45) is 0 Å². The van der Waals surface area contributed by atoms with Crippen molar-refractivity contribution in [1.82, 2.24) is 34.3 Å². The molecule has 0 bridgehead atoms. The minimum absolute atomic E-state index is 0.0326. The van der Waals surface area contributed by atoms with Crippen molar-refractivity contribution >= 4 is 22.8 Å². The Morgan fingerprint density at radius 1 is 0.974 bits per heavy atom. The second kappa shape index (κ2) is 10.3. The molecule has 1 aromatic carbocycles. The zero-order chi connectivity index (χ0) is 26.2. The van der Waals surface area contributed by atoms with E-state index in [0.29, 0.717) is 22.4 Å². The van der Waals surface area contributed by atoms with E-state index in [1.165, 1.54) is 6.07 Å². The van der Waals surface area contributed by atoms with Crippen LogP contribution in [0.25, 0.3) is 22.3 Å². The van der Waals surface area contributed by atoms with Gasteiger partial charge in [0.15, 0.2) is 11.6 Å².